The molecular weight excluding hydrogens is 471 g/mol. The molecule has 2 aromatic carbocycles. The first-order chi connectivity index (χ1) is 14.7. The Morgan fingerprint density at radius 2 is 1.74 bits per heavy atom. The third kappa shape index (κ3) is 4.72. The van der Waals surface area contributed by atoms with Crippen LogP contribution in [0.3, 0.4) is 0 Å². The van der Waals surface area contributed by atoms with Gasteiger partial charge in [-0.05, 0) is 29.8 Å². The predicted octanol–water partition coefficient (Wildman–Crippen LogP) is 4.32. The molecule has 2 heterocycles. The minimum atomic E-state index is -4.05. The van der Waals surface area contributed by atoms with Crippen molar-refractivity contribution in [3.8, 4) is 0 Å². The van der Waals surface area contributed by atoms with Gasteiger partial charge in [0, 0.05) is 44.0 Å². The van der Waals surface area contributed by atoms with Gasteiger partial charge in [-0.2, -0.15) is 4.31 Å². The van der Waals surface area contributed by atoms with Gasteiger partial charge in [-0.3, -0.25) is 0 Å². The molecule has 1 fully saturated rings. The van der Waals surface area contributed by atoms with E-state index < -0.39 is 32.4 Å². The lowest BCUT2D eigenvalue weighted by molar-refractivity contribution is 0.382. The van der Waals surface area contributed by atoms with Crippen molar-refractivity contribution in [1.29, 1.82) is 0 Å². The molecule has 0 radical (unpaired) electrons. The Balaban J connectivity index is 1.41. The molecule has 0 amide bonds. The van der Waals surface area contributed by atoms with Crippen molar-refractivity contribution in [2.75, 3.05) is 31.1 Å². The highest BCUT2D eigenvalue weighted by atomic mass is 35.5. The van der Waals surface area contributed by atoms with Crippen molar-refractivity contribution in [3.05, 3.63) is 75.5 Å². The van der Waals surface area contributed by atoms with Crippen LogP contribution in [0.15, 0.2) is 46.7 Å². The van der Waals surface area contributed by atoms with Crippen LogP contribution in [0.25, 0.3) is 0 Å². The molecule has 0 bridgehead atoms. The molecule has 5 nitrogen and oxygen atoms in total. The Morgan fingerprint density at radius 3 is 2.42 bits per heavy atom. The first-order valence-corrected chi connectivity index (χ1v) is 12.0. The van der Waals surface area contributed by atoms with E-state index in [1.807, 2.05) is 10.3 Å². The number of hydrogen-bond donors (Lipinski definition) is 0. The third-order valence-electron chi connectivity index (χ3n) is 4.93. The van der Waals surface area contributed by atoms with E-state index in [-0.39, 0.29) is 18.1 Å². The molecular formula is C20H17ClF3N3O2S2. The second-order valence-corrected chi connectivity index (χ2v) is 10.2. The van der Waals surface area contributed by atoms with E-state index in [2.05, 4.69) is 4.98 Å². The number of aromatic nitrogens is 1. The van der Waals surface area contributed by atoms with E-state index in [4.69, 9.17) is 11.6 Å². The first-order valence-electron chi connectivity index (χ1n) is 9.32. The number of thiazole rings is 1. The fourth-order valence-electron chi connectivity index (χ4n) is 3.32. The zero-order valence-electron chi connectivity index (χ0n) is 16.1. The van der Waals surface area contributed by atoms with Crippen molar-refractivity contribution in [3.63, 3.8) is 0 Å². The second-order valence-electron chi connectivity index (χ2n) is 7.01. The molecule has 3 aromatic rings. The number of sulfonamides is 1. The number of hydrogen-bond acceptors (Lipinski definition) is 5. The van der Waals surface area contributed by atoms with Crippen LogP contribution in [-0.2, 0) is 16.4 Å². The standard InChI is InChI=1S/C20H17ClF3N3O2S2/c21-16-10-13(1-3-17(16)23)9-15-12-30-20(25-15)26-5-7-27(8-6-26)31(28,29)19-4-2-14(22)11-18(19)24/h1-4,10-12H,5-9H2. The van der Waals surface area contributed by atoms with Crippen LogP contribution in [0.1, 0.15) is 11.3 Å². The zero-order valence-corrected chi connectivity index (χ0v) is 18.5. The van der Waals surface area contributed by atoms with Crippen LogP contribution < -0.4 is 4.90 Å². The minimum absolute atomic E-state index is 0.0582. The first kappa shape index (κ1) is 22.1. The molecule has 11 heteroatoms. The summed E-state index contributed by atoms with van der Waals surface area (Å²) in [4.78, 5) is 6.01. The summed E-state index contributed by atoms with van der Waals surface area (Å²) in [6.45, 7) is 1.08. The fraction of sp³-hybridized carbons (Fsp3) is 0.250. The molecule has 0 unspecified atom stereocenters. The molecule has 1 aromatic heterocycles. The molecule has 164 valence electrons. The van der Waals surface area contributed by atoms with Gasteiger partial charge in [0.1, 0.15) is 22.3 Å². The third-order valence-corrected chi connectivity index (χ3v) is 8.10. The summed E-state index contributed by atoms with van der Waals surface area (Å²) in [7, 11) is -4.05. The number of anilines is 1. The molecule has 0 atom stereocenters. The Hall–Kier alpha value is -2.14. The number of rotatable bonds is 5. The largest absolute Gasteiger partial charge is 0.345 e. The lowest BCUT2D eigenvalue weighted by atomic mass is 10.1. The summed E-state index contributed by atoms with van der Waals surface area (Å²) >= 11 is 7.25. The lowest BCUT2D eigenvalue weighted by Gasteiger charge is -2.33. The maximum Gasteiger partial charge on any atom is 0.246 e. The summed E-state index contributed by atoms with van der Waals surface area (Å²) in [5.74, 6) is -2.41. The topological polar surface area (TPSA) is 53.5 Å². The molecule has 1 aliphatic rings. The number of nitrogens with zero attached hydrogens (tertiary/aromatic N) is 3. The summed E-state index contributed by atoms with van der Waals surface area (Å²) in [5, 5.41) is 2.69. The van der Waals surface area contributed by atoms with Crippen LogP contribution in [-0.4, -0.2) is 43.9 Å². The van der Waals surface area contributed by atoms with Crippen LogP contribution in [0.4, 0.5) is 18.3 Å². The summed E-state index contributed by atoms with van der Waals surface area (Å²) in [5.41, 5.74) is 1.63. The van der Waals surface area contributed by atoms with Crippen molar-refractivity contribution in [1.82, 2.24) is 9.29 Å². The maximum absolute atomic E-state index is 14.0. The van der Waals surface area contributed by atoms with E-state index in [0.717, 1.165) is 28.5 Å². The summed E-state index contributed by atoms with van der Waals surface area (Å²) in [6.07, 6.45) is 0.495. The molecule has 4 rings (SSSR count). The highest BCUT2D eigenvalue weighted by molar-refractivity contribution is 7.89. The molecule has 1 saturated heterocycles. The number of halogens is 4. The van der Waals surface area contributed by atoms with E-state index in [9.17, 15) is 21.6 Å². The smallest absolute Gasteiger partial charge is 0.246 e. The summed E-state index contributed by atoms with van der Waals surface area (Å²) in [6, 6.07) is 6.97. The van der Waals surface area contributed by atoms with Gasteiger partial charge in [-0.25, -0.2) is 26.6 Å². The zero-order chi connectivity index (χ0) is 22.2. The monoisotopic (exact) mass is 487 g/mol. The average molecular weight is 488 g/mol. The van der Waals surface area contributed by atoms with E-state index in [1.165, 1.54) is 21.7 Å². The normalized spacial score (nSPS) is 15.4. The van der Waals surface area contributed by atoms with Crippen molar-refractivity contribution < 1.29 is 21.6 Å². The molecule has 31 heavy (non-hydrogen) atoms. The average Bonchev–Trinajstić information content (AvgIpc) is 3.19. The van der Waals surface area contributed by atoms with Crippen molar-refractivity contribution >= 4 is 38.1 Å². The van der Waals surface area contributed by atoms with Crippen LogP contribution in [0.5, 0.6) is 0 Å². The molecule has 0 N–H and O–H groups in total. The molecule has 0 saturated carbocycles. The summed E-state index contributed by atoms with van der Waals surface area (Å²) < 4.78 is 67.0. The molecule has 1 aliphatic heterocycles. The highest BCUT2D eigenvalue weighted by Gasteiger charge is 2.31. The number of benzene rings is 2. The Kier molecular flexibility index (Phi) is 6.25. The van der Waals surface area contributed by atoms with Gasteiger partial charge in [0.25, 0.3) is 0 Å². The highest BCUT2D eigenvalue weighted by Crippen LogP contribution is 2.27. The second kappa shape index (κ2) is 8.78. The molecule has 0 spiro atoms. The number of piperazine rings is 1. The van der Waals surface area contributed by atoms with Gasteiger partial charge in [-0.15, -0.1) is 11.3 Å². The van der Waals surface area contributed by atoms with Gasteiger partial charge < -0.3 is 4.90 Å². The van der Waals surface area contributed by atoms with Crippen LogP contribution in [0.2, 0.25) is 5.02 Å². The minimum Gasteiger partial charge on any atom is -0.345 e. The Morgan fingerprint density at radius 1 is 1.00 bits per heavy atom. The maximum atomic E-state index is 14.0. The van der Waals surface area contributed by atoms with Crippen LogP contribution >= 0.6 is 22.9 Å². The van der Waals surface area contributed by atoms with Gasteiger partial charge >= 0.3 is 0 Å². The predicted molar refractivity (Wildman–Crippen MR) is 114 cm³/mol. The van der Waals surface area contributed by atoms with E-state index in [0.29, 0.717) is 25.6 Å². The molecule has 0 aliphatic carbocycles. The van der Waals surface area contributed by atoms with Crippen molar-refractivity contribution in [2.24, 2.45) is 0 Å². The quantitative estimate of drug-likeness (QED) is 0.538. The van der Waals surface area contributed by atoms with Gasteiger partial charge in [0.2, 0.25) is 10.0 Å². The van der Waals surface area contributed by atoms with Gasteiger partial charge in [0.05, 0.1) is 10.7 Å². The van der Waals surface area contributed by atoms with Crippen molar-refractivity contribution in [2.45, 2.75) is 11.3 Å². The van der Waals surface area contributed by atoms with E-state index in [1.54, 1.807) is 12.1 Å². The Labute approximate surface area is 186 Å². The lowest BCUT2D eigenvalue weighted by Crippen LogP contribution is -2.48. The van der Waals surface area contributed by atoms with Gasteiger partial charge in [-0.1, -0.05) is 17.7 Å². The SMILES string of the molecule is O=S(=O)(c1ccc(F)cc1F)N1CCN(c2nc(Cc3ccc(F)c(Cl)c3)cs2)CC1. The van der Waals surface area contributed by atoms with E-state index >= 15 is 0 Å². The Bertz CT molecular complexity index is 1210. The van der Waals surface area contributed by atoms with Gasteiger partial charge in [0.15, 0.2) is 5.13 Å². The van der Waals surface area contributed by atoms with Crippen LogP contribution in [0, 0.1) is 17.5 Å². The fourth-order valence-corrected chi connectivity index (χ4v) is 5.87.